The molecule has 4 nitrogen and oxygen atoms in total. The molecular formula is C17H32N2O2. The summed E-state index contributed by atoms with van der Waals surface area (Å²) in [6.45, 7) is 8.00. The van der Waals surface area contributed by atoms with E-state index in [1.54, 1.807) is 0 Å². The molecular weight excluding hydrogens is 264 g/mol. The highest BCUT2D eigenvalue weighted by Gasteiger charge is 2.50. The Bertz CT molecular complexity index is 357. The summed E-state index contributed by atoms with van der Waals surface area (Å²) in [7, 11) is 0. The maximum atomic E-state index is 12.1. The molecule has 0 heterocycles. The number of hydrogen-bond donors (Lipinski definition) is 2. The molecule has 0 spiro atoms. The molecule has 0 radical (unpaired) electrons. The lowest BCUT2D eigenvalue weighted by Crippen LogP contribution is -2.61. The molecule has 2 fully saturated rings. The van der Waals surface area contributed by atoms with Crippen molar-refractivity contribution < 1.29 is 9.53 Å². The fourth-order valence-corrected chi connectivity index (χ4v) is 3.50. The fraction of sp³-hybridized carbons (Fsp3) is 0.941. The van der Waals surface area contributed by atoms with Gasteiger partial charge in [-0.3, -0.25) is 4.79 Å². The molecule has 1 amide bonds. The number of carbonyl (C=O) groups excluding carboxylic acids is 1. The Morgan fingerprint density at radius 2 is 1.95 bits per heavy atom. The molecule has 2 aliphatic carbocycles. The second-order valence-electron chi connectivity index (χ2n) is 7.24. The van der Waals surface area contributed by atoms with Crippen molar-refractivity contribution in [2.45, 2.75) is 70.9 Å². The third kappa shape index (κ3) is 3.98. The monoisotopic (exact) mass is 296 g/mol. The van der Waals surface area contributed by atoms with Gasteiger partial charge in [-0.05, 0) is 62.8 Å². The summed E-state index contributed by atoms with van der Waals surface area (Å²) in [5.74, 6) is 1.61. The second kappa shape index (κ2) is 7.10. The summed E-state index contributed by atoms with van der Waals surface area (Å²) < 4.78 is 6.16. The average Bonchev–Trinajstić information content (AvgIpc) is 3.27. The molecule has 4 atom stereocenters. The quantitative estimate of drug-likeness (QED) is 0.723. The molecule has 0 aromatic rings. The highest BCUT2D eigenvalue weighted by atomic mass is 16.5. The van der Waals surface area contributed by atoms with Crippen molar-refractivity contribution in [3.8, 4) is 0 Å². The van der Waals surface area contributed by atoms with E-state index in [1.807, 2.05) is 0 Å². The minimum Gasteiger partial charge on any atom is -0.376 e. The van der Waals surface area contributed by atoms with E-state index < -0.39 is 5.54 Å². The van der Waals surface area contributed by atoms with E-state index in [4.69, 9.17) is 10.5 Å². The van der Waals surface area contributed by atoms with Crippen LogP contribution in [0, 0.1) is 17.8 Å². The van der Waals surface area contributed by atoms with Crippen LogP contribution in [-0.2, 0) is 9.53 Å². The molecule has 3 N–H and O–H groups in total. The highest BCUT2D eigenvalue weighted by molar-refractivity contribution is 5.85. The van der Waals surface area contributed by atoms with Crippen LogP contribution in [-0.4, -0.2) is 30.7 Å². The molecule has 0 aliphatic heterocycles. The molecule has 0 aromatic heterocycles. The Hall–Kier alpha value is -0.610. The van der Waals surface area contributed by atoms with E-state index in [9.17, 15) is 4.79 Å². The second-order valence-corrected chi connectivity index (χ2v) is 7.24. The van der Waals surface area contributed by atoms with Gasteiger partial charge in [0.15, 0.2) is 0 Å². The van der Waals surface area contributed by atoms with Crippen LogP contribution in [0.4, 0.5) is 0 Å². The first-order chi connectivity index (χ1) is 9.99. The molecule has 0 aromatic carbocycles. The van der Waals surface area contributed by atoms with Crippen LogP contribution >= 0.6 is 0 Å². The van der Waals surface area contributed by atoms with Gasteiger partial charge < -0.3 is 15.8 Å². The van der Waals surface area contributed by atoms with Gasteiger partial charge in [0.25, 0.3) is 0 Å². The average molecular weight is 296 g/mol. The molecule has 122 valence electrons. The zero-order valence-electron chi connectivity index (χ0n) is 13.9. The lowest BCUT2D eigenvalue weighted by atomic mass is 9.80. The Balaban J connectivity index is 1.94. The topological polar surface area (TPSA) is 64.3 Å². The maximum Gasteiger partial charge on any atom is 0.240 e. The van der Waals surface area contributed by atoms with Gasteiger partial charge in [0.05, 0.1) is 12.7 Å². The van der Waals surface area contributed by atoms with Crippen molar-refractivity contribution in [2.75, 3.05) is 13.2 Å². The van der Waals surface area contributed by atoms with E-state index >= 15 is 0 Å². The summed E-state index contributed by atoms with van der Waals surface area (Å²) in [4.78, 5) is 12.1. The summed E-state index contributed by atoms with van der Waals surface area (Å²) >= 11 is 0. The molecule has 4 heteroatoms. The number of hydrogen-bond acceptors (Lipinski definition) is 3. The number of ether oxygens (including phenoxy) is 1. The fourth-order valence-electron chi connectivity index (χ4n) is 3.50. The van der Waals surface area contributed by atoms with Gasteiger partial charge in [0.2, 0.25) is 5.91 Å². The van der Waals surface area contributed by atoms with Crippen LogP contribution < -0.4 is 11.1 Å². The van der Waals surface area contributed by atoms with Crippen LogP contribution in [0.3, 0.4) is 0 Å². The molecule has 2 aliphatic rings. The van der Waals surface area contributed by atoms with Crippen LogP contribution in [0.15, 0.2) is 0 Å². The summed E-state index contributed by atoms with van der Waals surface area (Å²) in [6.07, 6.45) is 6.90. The number of nitrogens with two attached hydrogens (primary N) is 1. The lowest BCUT2D eigenvalue weighted by Gasteiger charge is -2.36. The van der Waals surface area contributed by atoms with E-state index in [1.165, 1.54) is 6.42 Å². The Morgan fingerprint density at radius 3 is 2.48 bits per heavy atom. The standard InChI is InChI=1S/C17H32N2O2/c1-4-9-19-17(16(18)20,14-6-7-14)11-21-15-8-5-12(2)13(3)10-15/h12-15,19H,4-11H2,1-3H3,(H2,18,20). The highest BCUT2D eigenvalue weighted by Crippen LogP contribution is 2.41. The predicted octanol–water partition coefficient (Wildman–Crippen LogP) is 2.46. The van der Waals surface area contributed by atoms with Crippen molar-refractivity contribution in [3.63, 3.8) is 0 Å². The largest absolute Gasteiger partial charge is 0.376 e. The first kappa shape index (κ1) is 16.8. The van der Waals surface area contributed by atoms with Crippen molar-refractivity contribution in [2.24, 2.45) is 23.5 Å². The normalized spacial score (nSPS) is 32.6. The number of carbonyl (C=O) groups is 1. The summed E-state index contributed by atoms with van der Waals surface area (Å²) in [5.41, 5.74) is 5.10. The molecule has 0 saturated heterocycles. The van der Waals surface area contributed by atoms with Crippen molar-refractivity contribution in [3.05, 3.63) is 0 Å². The Morgan fingerprint density at radius 1 is 1.24 bits per heavy atom. The minimum atomic E-state index is -0.637. The van der Waals surface area contributed by atoms with Gasteiger partial charge in [-0.1, -0.05) is 20.8 Å². The molecule has 21 heavy (non-hydrogen) atoms. The molecule has 2 saturated carbocycles. The predicted molar refractivity (Wildman–Crippen MR) is 84.9 cm³/mol. The molecule has 0 bridgehead atoms. The molecule has 4 unspecified atom stereocenters. The van der Waals surface area contributed by atoms with Gasteiger partial charge in [0.1, 0.15) is 5.54 Å². The number of amides is 1. The number of nitrogens with one attached hydrogen (secondary N) is 1. The van der Waals surface area contributed by atoms with Crippen LogP contribution in [0.1, 0.15) is 59.3 Å². The van der Waals surface area contributed by atoms with Gasteiger partial charge in [-0.15, -0.1) is 0 Å². The zero-order valence-corrected chi connectivity index (χ0v) is 13.9. The van der Waals surface area contributed by atoms with Crippen LogP contribution in [0.25, 0.3) is 0 Å². The molecule has 2 rings (SSSR count). The number of rotatable bonds is 8. The lowest BCUT2D eigenvalue weighted by molar-refractivity contribution is -0.130. The third-order valence-electron chi connectivity index (χ3n) is 5.50. The first-order valence-corrected chi connectivity index (χ1v) is 8.66. The van der Waals surface area contributed by atoms with Gasteiger partial charge in [-0.2, -0.15) is 0 Å². The van der Waals surface area contributed by atoms with Gasteiger partial charge in [0, 0.05) is 0 Å². The van der Waals surface area contributed by atoms with Crippen molar-refractivity contribution in [1.29, 1.82) is 0 Å². The minimum absolute atomic E-state index is 0.240. The van der Waals surface area contributed by atoms with Gasteiger partial charge in [-0.25, -0.2) is 0 Å². The van der Waals surface area contributed by atoms with Crippen molar-refractivity contribution in [1.82, 2.24) is 5.32 Å². The summed E-state index contributed by atoms with van der Waals surface area (Å²) in [6, 6.07) is 0. The van der Waals surface area contributed by atoms with Gasteiger partial charge >= 0.3 is 0 Å². The maximum absolute atomic E-state index is 12.1. The third-order valence-corrected chi connectivity index (χ3v) is 5.50. The van der Waals surface area contributed by atoms with E-state index in [0.717, 1.165) is 44.6 Å². The van der Waals surface area contributed by atoms with E-state index in [2.05, 4.69) is 26.1 Å². The summed E-state index contributed by atoms with van der Waals surface area (Å²) in [5, 5.41) is 3.40. The SMILES string of the molecule is CCCNC(COC1CCC(C)C(C)C1)(C(N)=O)C1CC1. The van der Waals surface area contributed by atoms with Crippen molar-refractivity contribution >= 4 is 5.91 Å². The van der Waals surface area contributed by atoms with E-state index in [0.29, 0.717) is 18.4 Å². The number of primary amides is 1. The Labute approximate surface area is 129 Å². The Kier molecular flexibility index (Phi) is 5.67. The first-order valence-electron chi connectivity index (χ1n) is 8.66. The van der Waals surface area contributed by atoms with E-state index in [-0.39, 0.29) is 12.0 Å². The van der Waals surface area contributed by atoms with Crippen LogP contribution in [0.5, 0.6) is 0 Å². The zero-order chi connectivity index (χ0) is 15.5. The smallest absolute Gasteiger partial charge is 0.240 e. The van der Waals surface area contributed by atoms with Crippen LogP contribution in [0.2, 0.25) is 0 Å².